The molecule has 0 aromatic heterocycles. The van der Waals surface area contributed by atoms with Crippen LogP contribution in [0.15, 0.2) is 42.5 Å². The van der Waals surface area contributed by atoms with Gasteiger partial charge in [-0.1, -0.05) is 12.1 Å². The molecule has 0 spiro atoms. The third-order valence-electron chi connectivity index (χ3n) is 3.31. The number of methoxy groups -OCH3 is 2. The van der Waals surface area contributed by atoms with Crippen molar-refractivity contribution < 1.29 is 19.1 Å². The zero-order valence-electron chi connectivity index (χ0n) is 13.5. The fourth-order valence-corrected chi connectivity index (χ4v) is 2.13. The number of hydrogen-bond donors (Lipinski definition) is 3. The topological polar surface area (TPSA) is 103 Å². The maximum Gasteiger partial charge on any atom is 0.250 e. The molecule has 0 atom stereocenters. The quantitative estimate of drug-likeness (QED) is 0.719. The summed E-state index contributed by atoms with van der Waals surface area (Å²) >= 11 is 0. The maximum absolute atomic E-state index is 12.1. The molecule has 0 saturated heterocycles. The van der Waals surface area contributed by atoms with E-state index in [0.717, 1.165) is 0 Å². The summed E-state index contributed by atoms with van der Waals surface area (Å²) < 4.78 is 10.3. The van der Waals surface area contributed by atoms with Crippen LogP contribution in [0.4, 0.5) is 11.4 Å². The van der Waals surface area contributed by atoms with Crippen LogP contribution in [0.3, 0.4) is 0 Å². The van der Waals surface area contributed by atoms with Gasteiger partial charge in [0.2, 0.25) is 5.91 Å². The van der Waals surface area contributed by atoms with Gasteiger partial charge < -0.3 is 25.8 Å². The minimum atomic E-state index is -0.562. The SMILES string of the molecule is COc1ccc(OC)c(NC(=O)CNc2ccccc2C(N)=O)c1. The van der Waals surface area contributed by atoms with Crippen LogP contribution in [0, 0.1) is 0 Å². The van der Waals surface area contributed by atoms with Crippen LogP contribution >= 0.6 is 0 Å². The molecule has 0 unspecified atom stereocenters. The molecule has 0 heterocycles. The summed E-state index contributed by atoms with van der Waals surface area (Å²) in [4.78, 5) is 23.5. The molecule has 2 aromatic rings. The van der Waals surface area contributed by atoms with Crippen molar-refractivity contribution in [3.63, 3.8) is 0 Å². The van der Waals surface area contributed by atoms with Crippen molar-refractivity contribution in [1.29, 1.82) is 0 Å². The second-order valence-corrected chi connectivity index (χ2v) is 4.88. The highest BCUT2D eigenvalue weighted by atomic mass is 16.5. The van der Waals surface area contributed by atoms with Crippen molar-refractivity contribution in [2.45, 2.75) is 0 Å². The summed E-state index contributed by atoms with van der Waals surface area (Å²) in [5, 5.41) is 5.63. The molecule has 4 N–H and O–H groups in total. The first-order valence-corrected chi connectivity index (χ1v) is 7.19. The van der Waals surface area contributed by atoms with Gasteiger partial charge in [-0.2, -0.15) is 0 Å². The van der Waals surface area contributed by atoms with Gasteiger partial charge in [-0.3, -0.25) is 9.59 Å². The lowest BCUT2D eigenvalue weighted by molar-refractivity contribution is -0.114. The first kappa shape index (κ1) is 17.1. The molecule has 0 bridgehead atoms. The highest BCUT2D eigenvalue weighted by Crippen LogP contribution is 2.28. The summed E-state index contributed by atoms with van der Waals surface area (Å²) in [6.07, 6.45) is 0. The zero-order valence-corrected chi connectivity index (χ0v) is 13.5. The Bertz CT molecular complexity index is 746. The Morgan fingerprint density at radius 2 is 1.79 bits per heavy atom. The summed E-state index contributed by atoms with van der Waals surface area (Å²) in [6, 6.07) is 11.8. The highest BCUT2D eigenvalue weighted by molar-refractivity contribution is 6.00. The number of ether oxygens (including phenoxy) is 2. The van der Waals surface area contributed by atoms with Gasteiger partial charge in [-0.15, -0.1) is 0 Å². The first-order chi connectivity index (χ1) is 11.5. The van der Waals surface area contributed by atoms with Gasteiger partial charge in [0.25, 0.3) is 5.91 Å². The second-order valence-electron chi connectivity index (χ2n) is 4.88. The van der Waals surface area contributed by atoms with Gasteiger partial charge in [0.05, 0.1) is 32.0 Å². The van der Waals surface area contributed by atoms with Crippen LogP contribution in [-0.4, -0.2) is 32.6 Å². The normalized spacial score (nSPS) is 9.92. The lowest BCUT2D eigenvalue weighted by Crippen LogP contribution is -2.23. The largest absolute Gasteiger partial charge is 0.497 e. The minimum absolute atomic E-state index is 0.0370. The van der Waals surface area contributed by atoms with Crippen molar-refractivity contribution in [3.8, 4) is 11.5 Å². The number of nitrogens with two attached hydrogens (primary N) is 1. The second kappa shape index (κ2) is 7.87. The molecule has 2 rings (SSSR count). The average Bonchev–Trinajstić information content (AvgIpc) is 2.60. The molecule has 7 nitrogen and oxygen atoms in total. The Labute approximate surface area is 139 Å². The van der Waals surface area contributed by atoms with Crippen molar-refractivity contribution >= 4 is 23.2 Å². The van der Waals surface area contributed by atoms with Crippen molar-refractivity contribution in [2.75, 3.05) is 31.4 Å². The fraction of sp³-hybridized carbons (Fsp3) is 0.176. The van der Waals surface area contributed by atoms with Crippen LogP contribution in [0.25, 0.3) is 0 Å². The van der Waals surface area contributed by atoms with Gasteiger partial charge in [0.1, 0.15) is 11.5 Å². The first-order valence-electron chi connectivity index (χ1n) is 7.19. The van der Waals surface area contributed by atoms with E-state index >= 15 is 0 Å². The summed E-state index contributed by atoms with van der Waals surface area (Å²) in [7, 11) is 3.05. The molecule has 0 aliphatic rings. The van der Waals surface area contributed by atoms with E-state index in [1.807, 2.05) is 0 Å². The Morgan fingerprint density at radius 1 is 1.04 bits per heavy atom. The Balaban J connectivity index is 2.06. The van der Waals surface area contributed by atoms with Crippen LogP contribution in [0.2, 0.25) is 0 Å². The fourth-order valence-electron chi connectivity index (χ4n) is 2.13. The molecule has 0 saturated carbocycles. The van der Waals surface area contributed by atoms with Crippen molar-refractivity contribution in [2.24, 2.45) is 5.73 Å². The molecule has 0 aliphatic carbocycles. The molecule has 0 aliphatic heterocycles. The van der Waals surface area contributed by atoms with Crippen molar-refractivity contribution in [1.82, 2.24) is 0 Å². The molecule has 2 aromatic carbocycles. The van der Waals surface area contributed by atoms with E-state index in [4.69, 9.17) is 15.2 Å². The van der Waals surface area contributed by atoms with E-state index in [0.29, 0.717) is 28.4 Å². The molecular weight excluding hydrogens is 310 g/mol. The Morgan fingerprint density at radius 3 is 2.46 bits per heavy atom. The average molecular weight is 329 g/mol. The monoisotopic (exact) mass is 329 g/mol. The van der Waals surface area contributed by atoms with Gasteiger partial charge in [-0.05, 0) is 24.3 Å². The standard InChI is InChI=1S/C17H19N3O4/c1-23-11-7-8-15(24-2)14(9-11)20-16(21)10-19-13-6-4-3-5-12(13)17(18)22/h3-9,19H,10H2,1-2H3,(H2,18,22)(H,20,21). The molecule has 0 radical (unpaired) electrons. The van der Waals surface area contributed by atoms with Crippen LogP contribution in [0.1, 0.15) is 10.4 Å². The minimum Gasteiger partial charge on any atom is -0.497 e. The number of amides is 2. The number of primary amides is 1. The number of rotatable bonds is 7. The van der Waals surface area contributed by atoms with Crippen LogP contribution in [0.5, 0.6) is 11.5 Å². The third kappa shape index (κ3) is 4.16. The molecule has 2 amide bonds. The molecule has 0 fully saturated rings. The number of anilines is 2. The molecule has 24 heavy (non-hydrogen) atoms. The summed E-state index contributed by atoms with van der Waals surface area (Å²) in [5.41, 5.74) is 6.62. The summed E-state index contributed by atoms with van der Waals surface area (Å²) in [5.74, 6) is 0.244. The highest BCUT2D eigenvalue weighted by Gasteiger charge is 2.11. The van der Waals surface area contributed by atoms with Gasteiger partial charge in [-0.25, -0.2) is 0 Å². The molecular formula is C17H19N3O4. The van der Waals surface area contributed by atoms with E-state index < -0.39 is 5.91 Å². The van der Waals surface area contributed by atoms with Gasteiger partial charge >= 0.3 is 0 Å². The third-order valence-corrected chi connectivity index (χ3v) is 3.31. The molecule has 7 heteroatoms. The maximum atomic E-state index is 12.1. The van der Waals surface area contributed by atoms with Crippen LogP contribution < -0.4 is 25.8 Å². The number of carbonyl (C=O) groups excluding carboxylic acids is 2. The number of benzene rings is 2. The van der Waals surface area contributed by atoms with Gasteiger partial charge in [0.15, 0.2) is 0 Å². The molecule has 126 valence electrons. The number of nitrogens with one attached hydrogen (secondary N) is 2. The number of hydrogen-bond acceptors (Lipinski definition) is 5. The van der Waals surface area contributed by atoms with E-state index in [1.165, 1.54) is 14.2 Å². The zero-order chi connectivity index (χ0) is 17.5. The number of carbonyl (C=O) groups is 2. The van der Waals surface area contributed by atoms with Gasteiger partial charge in [0, 0.05) is 11.8 Å². The lowest BCUT2D eigenvalue weighted by atomic mass is 10.1. The predicted octanol–water partition coefficient (Wildman–Crippen LogP) is 1.85. The number of para-hydroxylation sites is 1. The van der Waals surface area contributed by atoms with E-state index in [9.17, 15) is 9.59 Å². The predicted molar refractivity (Wildman–Crippen MR) is 91.6 cm³/mol. The smallest absolute Gasteiger partial charge is 0.250 e. The Hall–Kier alpha value is -3.22. The lowest BCUT2D eigenvalue weighted by Gasteiger charge is -2.13. The van der Waals surface area contributed by atoms with Crippen LogP contribution in [-0.2, 0) is 4.79 Å². The van der Waals surface area contributed by atoms with Crippen molar-refractivity contribution in [3.05, 3.63) is 48.0 Å². The Kier molecular flexibility index (Phi) is 5.62. The van der Waals surface area contributed by atoms with E-state index in [1.54, 1.807) is 42.5 Å². The summed E-state index contributed by atoms with van der Waals surface area (Å²) in [6.45, 7) is -0.0370. The van der Waals surface area contributed by atoms with E-state index in [2.05, 4.69) is 10.6 Å². The van der Waals surface area contributed by atoms with E-state index in [-0.39, 0.29) is 12.5 Å².